The number of nitrogens with zero attached hydrogens (tertiary/aromatic N) is 1. The highest BCUT2D eigenvalue weighted by atomic mass is 32.2. The van der Waals surface area contributed by atoms with Crippen molar-refractivity contribution in [3.05, 3.63) is 23.2 Å². The van der Waals surface area contributed by atoms with Crippen molar-refractivity contribution in [2.75, 3.05) is 5.75 Å². The fourth-order valence-electron chi connectivity index (χ4n) is 1.28. The van der Waals surface area contributed by atoms with Gasteiger partial charge in [-0.05, 0) is 30.9 Å². The molecule has 1 aromatic carbocycles. The molecule has 2 rings (SSSR count). The molecule has 0 fully saturated rings. The van der Waals surface area contributed by atoms with Crippen LogP contribution in [-0.4, -0.2) is 10.7 Å². The lowest BCUT2D eigenvalue weighted by atomic mass is 10.3. The quantitative estimate of drug-likeness (QED) is 0.699. The summed E-state index contributed by atoms with van der Waals surface area (Å²) >= 11 is 3.65. The smallest absolute Gasteiger partial charge is 0.0907 e. The minimum absolute atomic E-state index is 1.13. The number of fused-ring (bicyclic) bond motifs is 1. The minimum atomic E-state index is 1.13. The maximum absolute atomic E-state index is 4.42. The topological polar surface area (TPSA) is 12.9 Å². The standard InChI is InChI=1S/C10H11NS2/c1-3-12-8-4-5-9-10(6-8)13-7(2)11-9/h4-6H,3H2,1-2H3. The van der Waals surface area contributed by atoms with Gasteiger partial charge in [-0.1, -0.05) is 6.92 Å². The summed E-state index contributed by atoms with van der Waals surface area (Å²) in [7, 11) is 0. The molecule has 0 amide bonds. The van der Waals surface area contributed by atoms with Crippen LogP contribution in [0.4, 0.5) is 0 Å². The van der Waals surface area contributed by atoms with E-state index in [-0.39, 0.29) is 0 Å². The van der Waals surface area contributed by atoms with E-state index in [1.165, 1.54) is 9.60 Å². The van der Waals surface area contributed by atoms with E-state index in [1.807, 2.05) is 11.8 Å². The average Bonchev–Trinajstić information content (AvgIpc) is 2.44. The molecule has 0 unspecified atom stereocenters. The Labute approximate surface area is 86.2 Å². The summed E-state index contributed by atoms with van der Waals surface area (Å²) in [5.41, 5.74) is 1.13. The second kappa shape index (κ2) is 3.68. The van der Waals surface area contributed by atoms with Crippen molar-refractivity contribution < 1.29 is 0 Å². The lowest BCUT2D eigenvalue weighted by molar-refractivity contribution is 1.34. The molecule has 0 saturated heterocycles. The van der Waals surface area contributed by atoms with Crippen molar-refractivity contribution in [1.82, 2.24) is 4.98 Å². The number of thioether (sulfide) groups is 1. The van der Waals surface area contributed by atoms with Gasteiger partial charge in [0, 0.05) is 4.90 Å². The molecule has 0 aliphatic rings. The van der Waals surface area contributed by atoms with Gasteiger partial charge in [0.2, 0.25) is 0 Å². The van der Waals surface area contributed by atoms with Crippen molar-refractivity contribution in [2.24, 2.45) is 0 Å². The Balaban J connectivity index is 2.48. The van der Waals surface area contributed by atoms with E-state index in [1.54, 1.807) is 11.3 Å². The summed E-state index contributed by atoms with van der Waals surface area (Å²) in [5, 5.41) is 1.15. The summed E-state index contributed by atoms with van der Waals surface area (Å²) < 4.78 is 1.30. The van der Waals surface area contributed by atoms with E-state index in [4.69, 9.17) is 0 Å². The van der Waals surface area contributed by atoms with Crippen LogP contribution in [0.25, 0.3) is 10.2 Å². The zero-order valence-electron chi connectivity index (χ0n) is 7.70. The first kappa shape index (κ1) is 9.03. The molecule has 0 radical (unpaired) electrons. The average molecular weight is 209 g/mol. The summed E-state index contributed by atoms with van der Waals surface area (Å²) in [5.74, 6) is 1.13. The van der Waals surface area contributed by atoms with Crippen LogP contribution >= 0.6 is 23.1 Å². The van der Waals surface area contributed by atoms with Crippen LogP contribution in [0.2, 0.25) is 0 Å². The van der Waals surface area contributed by atoms with E-state index in [0.717, 1.165) is 16.3 Å². The third kappa shape index (κ3) is 1.86. The van der Waals surface area contributed by atoms with E-state index >= 15 is 0 Å². The first-order valence-corrected chi connectivity index (χ1v) is 6.10. The molecular formula is C10H11NS2. The first-order valence-electron chi connectivity index (χ1n) is 4.29. The van der Waals surface area contributed by atoms with Crippen LogP contribution in [0.3, 0.4) is 0 Å². The van der Waals surface area contributed by atoms with E-state index in [9.17, 15) is 0 Å². The lowest BCUT2D eigenvalue weighted by Crippen LogP contribution is -1.72. The molecule has 1 aromatic heterocycles. The monoisotopic (exact) mass is 209 g/mol. The SMILES string of the molecule is CCSc1ccc2nc(C)sc2c1. The van der Waals surface area contributed by atoms with Crippen LogP contribution in [0, 0.1) is 6.92 Å². The van der Waals surface area contributed by atoms with Crippen molar-refractivity contribution in [2.45, 2.75) is 18.7 Å². The largest absolute Gasteiger partial charge is 0.242 e. The van der Waals surface area contributed by atoms with Gasteiger partial charge in [0.1, 0.15) is 0 Å². The van der Waals surface area contributed by atoms with Crippen molar-refractivity contribution in [3.8, 4) is 0 Å². The third-order valence-corrected chi connectivity index (χ3v) is 3.59. The van der Waals surface area contributed by atoms with Crippen molar-refractivity contribution in [3.63, 3.8) is 0 Å². The fourth-order valence-corrected chi connectivity index (χ4v) is 2.92. The van der Waals surface area contributed by atoms with E-state index < -0.39 is 0 Å². The molecule has 0 aliphatic carbocycles. The van der Waals surface area contributed by atoms with Crippen molar-refractivity contribution >= 4 is 33.3 Å². The van der Waals surface area contributed by atoms with Crippen LogP contribution in [0.1, 0.15) is 11.9 Å². The molecule has 0 N–H and O–H groups in total. The number of hydrogen-bond donors (Lipinski definition) is 0. The molecule has 0 aliphatic heterocycles. The summed E-state index contributed by atoms with van der Waals surface area (Å²) in [4.78, 5) is 5.77. The number of benzene rings is 1. The van der Waals surface area contributed by atoms with Gasteiger partial charge >= 0.3 is 0 Å². The van der Waals surface area contributed by atoms with Gasteiger partial charge in [0.25, 0.3) is 0 Å². The number of hydrogen-bond acceptors (Lipinski definition) is 3. The van der Waals surface area contributed by atoms with E-state index in [2.05, 4.69) is 37.0 Å². The Kier molecular flexibility index (Phi) is 2.56. The number of aryl methyl sites for hydroxylation is 1. The molecule has 2 aromatic rings. The first-order chi connectivity index (χ1) is 6.29. The van der Waals surface area contributed by atoms with Gasteiger partial charge < -0.3 is 0 Å². The zero-order valence-corrected chi connectivity index (χ0v) is 9.34. The molecular weight excluding hydrogens is 198 g/mol. The van der Waals surface area contributed by atoms with Gasteiger partial charge in [-0.15, -0.1) is 23.1 Å². The maximum Gasteiger partial charge on any atom is 0.0907 e. The van der Waals surface area contributed by atoms with Gasteiger partial charge in [0.15, 0.2) is 0 Å². The van der Waals surface area contributed by atoms with Crippen LogP contribution in [0.15, 0.2) is 23.1 Å². The molecule has 3 heteroatoms. The number of aromatic nitrogens is 1. The third-order valence-electron chi connectivity index (χ3n) is 1.78. The number of rotatable bonds is 2. The van der Waals surface area contributed by atoms with Crippen molar-refractivity contribution in [1.29, 1.82) is 0 Å². The van der Waals surface area contributed by atoms with Gasteiger partial charge in [-0.25, -0.2) is 4.98 Å². The maximum atomic E-state index is 4.42. The Morgan fingerprint density at radius 1 is 1.46 bits per heavy atom. The predicted octanol–water partition coefficient (Wildman–Crippen LogP) is 3.72. The molecule has 0 bridgehead atoms. The van der Waals surface area contributed by atoms with Crippen LogP contribution < -0.4 is 0 Å². The zero-order chi connectivity index (χ0) is 9.26. The highest BCUT2D eigenvalue weighted by Gasteiger charge is 2.00. The highest BCUT2D eigenvalue weighted by molar-refractivity contribution is 7.99. The normalized spacial score (nSPS) is 10.9. The van der Waals surface area contributed by atoms with Crippen LogP contribution in [-0.2, 0) is 0 Å². The fraction of sp³-hybridized carbons (Fsp3) is 0.300. The second-order valence-corrected chi connectivity index (χ2v) is 5.37. The molecule has 13 heavy (non-hydrogen) atoms. The Morgan fingerprint density at radius 2 is 2.31 bits per heavy atom. The minimum Gasteiger partial charge on any atom is -0.242 e. The summed E-state index contributed by atoms with van der Waals surface area (Å²) in [6, 6.07) is 6.49. The van der Waals surface area contributed by atoms with Gasteiger partial charge in [-0.3, -0.25) is 0 Å². The molecule has 1 nitrogen and oxygen atoms in total. The molecule has 0 spiro atoms. The second-order valence-electron chi connectivity index (χ2n) is 2.80. The Morgan fingerprint density at radius 3 is 3.08 bits per heavy atom. The van der Waals surface area contributed by atoms with E-state index in [0.29, 0.717) is 0 Å². The highest BCUT2D eigenvalue weighted by Crippen LogP contribution is 2.27. The van der Waals surface area contributed by atoms with Gasteiger partial charge in [-0.2, -0.15) is 0 Å². The Hall–Kier alpha value is -0.540. The van der Waals surface area contributed by atoms with Gasteiger partial charge in [0.05, 0.1) is 15.2 Å². The summed E-state index contributed by atoms with van der Waals surface area (Å²) in [6.45, 7) is 4.23. The molecule has 0 saturated carbocycles. The van der Waals surface area contributed by atoms with Crippen LogP contribution in [0.5, 0.6) is 0 Å². The Bertz CT molecular complexity index is 420. The predicted molar refractivity (Wildman–Crippen MR) is 60.8 cm³/mol. The summed E-state index contributed by atoms with van der Waals surface area (Å²) in [6.07, 6.45) is 0. The lowest BCUT2D eigenvalue weighted by Gasteiger charge is -1.96. The molecule has 68 valence electrons. The number of thiazole rings is 1. The molecule has 0 atom stereocenters. The molecule has 1 heterocycles.